The molecule has 1 unspecified atom stereocenters. The smallest absolute Gasteiger partial charge is 0.184 e. The summed E-state index contributed by atoms with van der Waals surface area (Å²) in [6, 6.07) is 6.02. The number of rotatable bonds is 2. The molecule has 1 heterocycles. The van der Waals surface area contributed by atoms with Crippen molar-refractivity contribution in [2.45, 2.75) is 40.7 Å². The van der Waals surface area contributed by atoms with E-state index in [1.165, 1.54) is 0 Å². The van der Waals surface area contributed by atoms with Crippen molar-refractivity contribution in [2.24, 2.45) is 5.41 Å². The van der Waals surface area contributed by atoms with E-state index < -0.39 is 0 Å². The maximum atomic E-state index is 6.08. The molecule has 0 aliphatic rings. The summed E-state index contributed by atoms with van der Waals surface area (Å²) in [5.74, 6) is 0.734. The van der Waals surface area contributed by atoms with Gasteiger partial charge in [0.1, 0.15) is 0 Å². The maximum Gasteiger partial charge on any atom is 0.184 e. The third-order valence-electron chi connectivity index (χ3n) is 3.64. The van der Waals surface area contributed by atoms with Crippen molar-refractivity contribution in [3.05, 3.63) is 23.8 Å². The summed E-state index contributed by atoms with van der Waals surface area (Å²) in [7, 11) is 0. The summed E-state index contributed by atoms with van der Waals surface area (Å²) in [4.78, 5) is 0. The van der Waals surface area contributed by atoms with E-state index in [1.54, 1.807) is 0 Å². The van der Waals surface area contributed by atoms with Crippen molar-refractivity contribution in [1.29, 1.82) is 0 Å². The van der Waals surface area contributed by atoms with E-state index in [4.69, 9.17) is 5.73 Å². The predicted octanol–water partition coefficient (Wildman–Crippen LogP) is 2.84. The lowest BCUT2D eigenvalue weighted by atomic mass is 9.88. The Morgan fingerprint density at radius 1 is 1.26 bits per heavy atom. The molecule has 0 radical (unpaired) electrons. The second-order valence-corrected chi connectivity index (χ2v) is 6.03. The minimum Gasteiger partial charge on any atom is -0.398 e. The minimum absolute atomic E-state index is 0.0710. The minimum atomic E-state index is 0.0710. The van der Waals surface area contributed by atoms with Crippen LogP contribution in [-0.2, 0) is 0 Å². The molecule has 0 aliphatic carbocycles. The van der Waals surface area contributed by atoms with E-state index in [9.17, 15) is 0 Å². The number of aryl methyl sites for hydroxylation is 1. The van der Waals surface area contributed by atoms with E-state index in [0.29, 0.717) is 5.69 Å². The van der Waals surface area contributed by atoms with Gasteiger partial charge in [-0.1, -0.05) is 32.9 Å². The Morgan fingerprint density at radius 2 is 1.95 bits per heavy atom. The van der Waals surface area contributed by atoms with Crippen molar-refractivity contribution in [3.8, 4) is 11.4 Å². The lowest BCUT2D eigenvalue weighted by Crippen LogP contribution is -2.23. The van der Waals surface area contributed by atoms with Crippen LogP contribution in [-0.4, -0.2) is 20.2 Å². The highest BCUT2D eigenvalue weighted by molar-refractivity contribution is 5.74. The lowest BCUT2D eigenvalue weighted by molar-refractivity contribution is 0.243. The van der Waals surface area contributed by atoms with Gasteiger partial charge >= 0.3 is 0 Å². The molecule has 0 bridgehead atoms. The number of nitrogens with two attached hydrogens (primary N) is 1. The highest BCUT2D eigenvalue weighted by atomic mass is 15.6. The molecule has 0 fully saturated rings. The Morgan fingerprint density at radius 3 is 2.53 bits per heavy atom. The van der Waals surface area contributed by atoms with Crippen molar-refractivity contribution >= 4 is 5.69 Å². The highest BCUT2D eigenvalue weighted by Gasteiger charge is 2.26. The van der Waals surface area contributed by atoms with Gasteiger partial charge in [-0.15, -0.1) is 5.10 Å². The van der Waals surface area contributed by atoms with Crippen LogP contribution in [0.4, 0.5) is 5.69 Å². The van der Waals surface area contributed by atoms with Crippen LogP contribution in [0.15, 0.2) is 18.2 Å². The molecule has 1 aromatic heterocycles. The van der Waals surface area contributed by atoms with E-state index in [2.05, 4.69) is 43.2 Å². The molecule has 102 valence electrons. The Balaban J connectivity index is 2.57. The average Bonchev–Trinajstić information content (AvgIpc) is 2.75. The number of anilines is 1. The molecular weight excluding hydrogens is 238 g/mol. The molecule has 1 atom stereocenters. The average molecular weight is 259 g/mol. The van der Waals surface area contributed by atoms with Crippen LogP contribution in [0.3, 0.4) is 0 Å². The molecule has 2 rings (SSSR count). The van der Waals surface area contributed by atoms with Crippen molar-refractivity contribution < 1.29 is 0 Å². The summed E-state index contributed by atoms with van der Waals surface area (Å²) in [6.45, 7) is 10.7. The Bertz CT molecular complexity index is 560. The first-order valence-electron chi connectivity index (χ1n) is 6.45. The quantitative estimate of drug-likeness (QED) is 0.842. The number of benzene rings is 1. The van der Waals surface area contributed by atoms with Gasteiger partial charge in [0, 0.05) is 11.3 Å². The molecule has 0 amide bonds. The molecule has 0 aliphatic heterocycles. The molecule has 1 aromatic carbocycles. The van der Waals surface area contributed by atoms with Crippen LogP contribution in [0, 0.1) is 12.3 Å². The van der Waals surface area contributed by atoms with Crippen LogP contribution in [0.25, 0.3) is 11.4 Å². The fourth-order valence-corrected chi connectivity index (χ4v) is 1.98. The first-order valence-corrected chi connectivity index (χ1v) is 6.45. The summed E-state index contributed by atoms with van der Waals surface area (Å²) in [5.41, 5.74) is 8.86. The van der Waals surface area contributed by atoms with Gasteiger partial charge in [-0.3, -0.25) is 0 Å². The van der Waals surface area contributed by atoms with Crippen molar-refractivity contribution in [3.63, 3.8) is 0 Å². The number of tetrazole rings is 1. The van der Waals surface area contributed by atoms with Gasteiger partial charge in [0.05, 0.1) is 6.04 Å². The summed E-state index contributed by atoms with van der Waals surface area (Å²) >= 11 is 0. The molecule has 0 saturated heterocycles. The van der Waals surface area contributed by atoms with Gasteiger partial charge in [-0.25, -0.2) is 4.68 Å². The van der Waals surface area contributed by atoms with Crippen LogP contribution < -0.4 is 5.73 Å². The van der Waals surface area contributed by atoms with Gasteiger partial charge in [0.2, 0.25) is 0 Å². The van der Waals surface area contributed by atoms with E-state index >= 15 is 0 Å². The van der Waals surface area contributed by atoms with Crippen molar-refractivity contribution in [2.75, 3.05) is 5.73 Å². The summed E-state index contributed by atoms with van der Waals surface area (Å²) in [5, 5.41) is 12.1. The monoisotopic (exact) mass is 259 g/mol. The third-order valence-corrected chi connectivity index (χ3v) is 3.64. The molecule has 2 aromatic rings. The SMILES string of the molecule is Cc1cccc(N)c1-c1nnnn1C(C)C(C)(C)C. The molecule has 19 heavy (non-hydrogen) atoms. The lowest BCUT2D eigenvalue weighted by Gasteiger charge is -2.27. The summed E-state index contributed by atoms with van der Waals surface area (Å²) < 4.78 is 1.86. The molecule has 5 heteroatoms. The number of hydrogen-bond acceptors (Lipinski definition) is 4. The predicted molar refractivity (Wildman–Crippen MR) is 76.6 cm³/mol. The fourth-order valence-electron chi connectivity index (χ4n) is 1.98. The molecule has 0 saturated carbocycles. The molecule has 5 nitrogen and oxygen atoms in total. The second-order valence-electron chi connectivity index (χ2n) is 6.03. The Hall–Kier alpha value is -1.91. The largest absolute Gasteiger partial charge is 0.398 e. The van der Waals surface area contributed by atoms with E-state index in [1.807, 2.05) is 29.8 Å². The zero-order valence-electron chi connectivity index (χ0n) is 12.2. The van der Waals surface area contributed by atoms with Gasteiger partial charge in [-0.05, 0) is 41.3 Å². The Kier molecular flexibility index (Phi) is 3.30. The number of nitrogens with zero attached hydrogens (tertiary/aromatic N) is 4. The first kappa shape index (κ1) is 13.5. The maximum absolute atomic E-state index is 6.08. The van der Waals surface area contributed by atoms with Gasteiger partial charge < -0.3 is 5.73 Å². The van der Waals surface area contributed by atoms with Gasteiger partial charge in [0.25, 0.3) is 0 Å². The fraction of sp³-hybridized carbons (Fsp3) is 0.500. The van der Waals surface area contributed by atoms with Crippen LogP contribution in [0.2, 0.25) is 0 Å². The zero-order valence-corrected chi connectivity index (χ0v) is 12.2. The Labute approximate surface area is 113 Å². The second kappa shape index (κ2) is 4.64. The zero-order chi connectivity index (χ0) is 14.2. The van der Waals surface area contributed by atoms with Crippen LogP contribution in [0.1, 0.15) is 39.3 Å². The molecule has 2 N–H and O–H groups in total. The van der Waals surface area contributed by atoms with Crippen LogP contribution >= 0.6 is 0 Å². The van der Waals surface area contributed by atoms with E-state index in [0.717, 1.165) is 17.0 Å². The number of aromatic nitrogens is 4. The van der Waals surface area contributed by atoms with Gasteiger partial charge in [0.15, 0.2) is 5.82 Å². The van der Waals surface area contributed by atoms with Gasteiger partial charge in [-0.2, -0.15) is 0 Å². The molecule has 0 spiro atoms. The highest BCUT2D eigenvalue weighted by Crippen LogP contribution is 2.34. The number of hydrogen-bond donors (Lipinski definition) is 1. The van der Waals surface area contributed by atoms with Crippen LogP contribution in [0.5, 0.6) is 0 Å². The summed E-state index contributed by atoms with van der Waals surface area (Å²) in [6.07, 6.45) is 0. The van der Waals surface area contributed by atoms with E-state index in [-0.39, 0.29) is 11.5 Å². The number of nitrogen functional groups attached to an aromatic ring is 1. The standard InChI is InChI=1S/C14H21N5/c1-9-7-6-8-11(15)12(9)13-16-17-18-19(13)10(2)14(3,4)5/h6-8,10H,15H2,1-5H3. The van der Waals surface area contributed by atoms with Crippen molar-refractivity contribution in [1.82, 2.24) is 20.2 Å². The third kappa shape index (κ3) is 2.45. The molecular formula is C14H21N5. The normalized spacial score (nSPS) is 13.5. The topological polar surface area (TPSA) is 69.6 Å². The first-order chi connectivity index (χ1) is 8.82.